The molecule has 1 saturated carbocycles. The van der Waals surface area contributed by atoms with Crippen molar-refractivity contribution in [2.75, 3.05) is 39.4 Å². The van der Waals surface area contributed by atoms with E-state index in [1.54, 1.807) is 0 Å². The van der Waals surface area contributed by atoms with Crippen LogP contribution in [0.25, 0.3) is 0 Å². The predicted molar refractivity (Wildman–Crippen MR) is 105 cm³/mol. The summed E-state index contributed by atoms with van der Waals surface area (Å²) >= 11 is 0. The number of guanidine groups is 1. The fraction of sp³-hybridized carbons (Fsp3) is 0.947. The number of nitrogens with zero attached hydrogens (tertiary/aromatic N) is 2. The third kappa shape index (κ3) is 10.7. The third-order valence-electron chi connectivity index (χ3n) is 4.38. The second kappa shape index (κ2) is 12.5. The van der Waals surface area contributed by atoms with E-state index in [-0.39, 0.29) is 0 Å². The summed E-state index contributed by atoms with van der Waals surface area (Å²) in [6.07, 6.45) is 3.07. The van der Waals surface area contributed by atoms with Crippen LogP contribution < -0.4 is 10.6 Å². The number of hydrogen-bond acceptors (Lipinski definition) is 4. The first-order chi connectivity index (χ1) is 11.9. The van der Waals surface area contributed by atoms with Crippen LogP contribution in [0.15, 0.2) is 4.99 Å². The molecule has 0 aromatic carbocycles. The Labute approximate surface area is 154 Å². The molecule has 0 amide bonds. The van der Waals surface area contributed by atoms with Gasteiger partial charge in [0.05, 0.1) is 19.3 Å². The number of aliphatic hydroxyl groups excluding tert-OH is 1. The Kier molecular flexibility index (Phi) is 11.1. The maximum absolute atomic E-state index is 9.97. The summed E-state index contributed by atoms with van der Waals surface area (Å²) in [4.78, 5) is 6.96. The minimum Gasteiger partial charge on any atom is -0.389 e. The van der Waals surface area contributed by atoms with Crippen molar-refractivity contribution in [3.05, 3.63) is 0 Å². The summed E-state index contributed by atoms with van der Waals surface area (Å²) in [5.41, 5.74) is 0. The molecule has 0 aromatic rings. The topological polar surface area (TPSA) is 69.1 Å². The molecule has 148 valence electrons. The van der Waals surface area contributed by atoms with E-state index < -0.39 is 6.10 Å². The van der Waals surface area contributed by atoms with Gasteiger partial charge in [0.2, 0.25) is 0 Å². The van der Waals surface area contributed by atoms with E-state index in [0.717, 1.165) is 44.5 Å². The van der Waals surface area contributed by atoms with Crippen molar-refractivity contribution < 1.29 is 9.84 Å². The molecule has 3 N–H and O–H groups in total. The Hall–Kier alpha value is -0.850. The van der Waals surface area contributed by atoms with Gasteiger partial charge in [0.1, 0.15) is 0 Å². The summed E-state index contributed by atoms with van der Waals surface area (Å²) in [5.74, 6) is 1.50. The molecule has 0 aliphatic heterocycles. The Balaban J connectivity index is 2.24. The van der Waals surface area contributed by atoms with E-state index in [0.29, 0.717) is 25.2 Å². The van der Waals surface area contributed by atoms with Gasteiger partial charge in [-0.1, -0.05) is 0 Å². The average Bonchev–Trinajstić information content (AvgIpc) is 3.35. The van der Waals surface area contributed by atoms with Crippen LogP contribution in [-0.4, -0.2) is 73.5 Å². The quantitative estimate of drug-likeness (QED) is 0.267. The minimum atomic E-state index is -0.536. The predicted octanol–water partition coefficient (Wildman–Crippen LogP) is 1.84. The largest absolute Gasteiger partial charge is 0.389 e. The molecule has 1 unspecified atom stereocenters. The molecule has 1 aliphatic carbocycles. The number of nitrogens with one attached hydrogen (secondary N) is 2. The Morgan fingerprint density at radius 2 is 1.88 bits per heavy atom. The molecule has 0 radical (unpaired) electrons. The van der Waals surface area contributed by atoms with Gasteiger partial charge >= 0.3 is 0 Å². The molecule has 1 aliphatic rings. The lowest BCUT2D eigenvalue weighted by Crippen LogP contribution is -2.41. The van der Waals surface area contributed by atoms with Gasteiger partial charge in [-0.2, -0.15) is 0 Å². The van der Waals surface area contributed by atoms with E-state index in [2.05, 4.69) is 48.2 Å². The van der Waals surface area contributed by atoms with Gasteiger partial charge in [0.15, 0.2) is 5.96 Å². The van der Waals surface area contributed by atoms with E-state index in [1.807, 2.05) is 6.92 Å². The fourth-order valence-electron chi connectivity index (χ4n) is 2.83. The molecule has 0 spiro atoms. The third-order valence-corrected chi connectivity index (χ3v) is 4.38. The molecule has 1 rings (SSSR count). The summed E-state index contributed by atoms with van der Waals surface area (Å²) in [5, 5.41) is 16.6. The van der Waals surface area contributed by atoms with Crippen LogP contribution in [0, 0.1) is 5.92 Å². The lowest BCUT2D eigenvalue weighted by molar-refractivity contribution is 0.0368. The Morgan fingerprint density at radius 1 is 1.20 bits per heavy atom. The van der Waals surface area contributed by atoms with Crippen LogP contribution in [0.4, 0.5) is 0 Å². The van der Waals surface area contributed by atoms with Crippen molar-refractivity contribution >= 4 is 5.96 Å². The summed E-state index contributed by atoms with van der Waals surface area (Å²) < 4.78 is 5.52. The lowest BCUT2D eigenvalue weighted by Gasteiger charge is -2.30. The minimum absolute atomic E-state index is 0.365. The lowest BCUT2D eigenvalue weighted by atomic mass is 10.2. The molecule has 1 atom stereocenters. The molecular weight excluding hydrogens is 316 g/mol. The van der Waals surface area contributed by atoms with Crippen LogP contribution in [-0.2, 0) is 4.74 Å². The van der Waals surface area contributed by atoms with Gasteiger partial charge in [-0.25, -0.2) is 0 Å². The zero-order valence-electron chi connectivity index (χ0n) is 16.9. The monoisotopic (exact) mass is 356 g/mol. The zero-order chi connectivity index (χ0) is 18.7. The van der Waals surface area contributed by atoms with E-state index in [9.17, 15) is 5.11 Å². The summed E-state index contributed by atoms with van der Waals surface area (Å²) in [7, 11) is 0. The number of ether oxygens (including phenoxy) is 1. The molecule has 25 heavy (non-hydrogen) atoms. The van der Waals surface area contributed by atoms with E-state index in [4.69, 9.17) is 4.74 Å². The Morgan fingerprint density at radius 3 is 2.44 bits per heavy atom. The molecule has 1 fully saturated rings. The first-order valence-electron chi connectivity index (χ1n) is 9.97. The van der Waals surface area contributed by atoms with Crippen molar-refractivity contribution in [1.82, 2.24) is 15.5 Å². The average molecular weight is 357 g/mol. The first kappa shape index (κ1) is 22.2. The molecule has 0 bridgehead atoms. The highest BCUT2D eigenvalue weighted by molar-refractivity contribution is 5.79. The van der Waals surface area contributed by atoms with Crippen LogP contribution in [0.1, 0.15) is 53.9 Å². The van der Waals surface area contributed by atoms with Crippen LogP contribution in [0.5, 0.6) is 0 Å². The Bertz CT molecular complexity index is 362. The molecule has 0 saturated heterocycles. The summed E-state index contributed by atoms with van der Waals surface area (Å²) in [6, 6.07) is 1.13. The van der Waals surface area contributed by atoms with Crippen molar-refractivity contribution in [3.8, 4) is 0 Å². The number of aliphatic imine (C=N–C) groups is 1. The van der Waals surface area contributed by atoms with Gasteiger partial charge in [0, 0.05) is 38.3 Å². The van der Waals surface area contributed by atoms with Crippen molar-refractivity contribution in [3.63, 3.8) is 0 Å². The van der Waals surface area contributed by atoms with E-state index >= 15 is 0 Å². The zero-order valence-corrected chi connectivity index (χ0v) is 16.9. The summed E-state index contributed by atoms with van der Waals surface area (Å²) in [6.45, 7) is 15.3. The molecule has 6 nitrogen and oxygen atoms in total. The number of rotatable bonds is 13. The first-order valence-corrected chi connectivity index (χ1v) is 9.97. The SMILES string of the molecule is CCNC(=NCC(O)COCC1CC1)NCCCN(C(C)C)C(C)C. The maximum Gasteiger partial charge on any atom is 0.191 e. The molecule has 0 aromatic heterocycles. The van der Waals surface area contributed by atoms with E-state index in [1.165, 1.54) is 12.8 Å². The highest BCUT2D eigenvalue weighted by atomic mass is 16.5. The smallest absolute Gasteiger partial charge is 0.191 e. The van der Waals surface area contributed by atoms with Crippen molar-refractivity contribution in [2.24, 2.45) is 10.9 Å². The molecule has 6 heteroatoms. The van der Waals surface area contributed by atoms with Crippen molar-refractivity contribution in [1.29, 1.82) is 0 Å². The number of hydrogen-bond donors (Lipinski definition) is 3. The van der Waals surface area contributed by atoms with Gasteiger partial charge in [-0.15, -0.1) is 0 Å². The van der Waals surface area contributed by atoms with Crippen LogP contribution in [0.3, 0.4) is 0 Å². The highest BCUT2D eigenvalue weighted by Crippen LogP contribution is 2.28. The van der Waals surface area contributed by atoms with Crippen LogP contribution >= 0.6 is 0 Å². The maximum atomic E-state index is 9.97. The van der Waals surface area contributed by atoms with Crippen LogP contribution in [0.2, 0.25) is 0 Å². The standard InChI is InChI=1S/C19H40N4O2/c1-6-20-19(21-10-7-11-23(15(2)3)16(4)5)22-12-18(24)14-25-13-17-8-9-17/h15-18,24H,6-14H2,1-5H3,(H2,20,21,22). The molecule has 0 heterocycles. The fourth-order valence-corrected chi connectivity index (χ4v) is 2.83. The highest BCUT2D eigenvalue weighted by Gasteiger charge is 2.21. The van der Waals surface area contributed by atoms with Gasteiger partial charge < -0.3 is 20.5 Å². The molecular formula is C19H40N4O2. The van der Waals surface area contributed by atoms with Crippen molar-refractivity contribution in [2.45, 2.75) is 72.1 Å². The second-order valence-corrected chi connectivity index (χ2v) is 7.56. The second-order valence-electron chi connectivity index (χ2n) is 7.56. The van der Waals surface area contributed by atoms with Gasteiger partial charge in [-0.05, 0) is 59.8 Å². The normalized spacial score (nSPS) is 16.8. The number of aliphatic hydroxyl groups is 1. The van der Waals surface area contributed by atoms with Gasteiger partial charge in [0.25, 0.3) is 0 Å². The van der Waals surface area contributed by atoms with Gasteiger partial charge in [-0.3, -0.25) is 9.89 Å².